The van der Waals surface area contributed by atoms with Crippen LogP contribution in [0.3, 0.4) is 0 Å². The van der Waals surface area contributed by atoms with Crippen LogP contribution < -0.4 is 5.32 Å². The summed E-state index contributed by atoms with van der Waals surface area (Å²) in [6.07, 6.45) is 5.42. The number of hydrogen-bond acceptors (Lipinski definition) is 2. The van der Waals surface area contributed by atoms with Gasteiger partial charge in [0.2, 0.25) is 5.91 Å². The van der Waals surface area contributed by atoms with E-state index in [1.807, 2.05) is 0 Å². The molecular weight excluding hydrogens is 416 g/mol. The van der Waals surface area contributed by atoms with E-state index in [0.29, 0.717) is 11.8 Å². The number of hydrogen-bond donors (Lipinski definition) is 1. The summed E-state index contributed by atoms with van der Waals surface area (Å²) < 4.78 is 0. The van der Waals surface area contributed by atoms with Crippen LogP contribution in [-0.2, 0) is 16.6 Å². The number of fused-ring (bicyclic) bond motifs is 2. The van der Waals surface area contributed by atoms with Crippen LogP contribution in [0.4, 0.5) is 0 Å². The topological polar surface area (TPSA) is 32.3 Å². The molecule has 3 aromatic rings. The van der Waals surface area contributed by atoms with Gasteiger partial charge in [-0.3, -0.25) is 4.79 Å². The van der Waals surface area contributed by atoms with Crippen molar-refractivity contribution in [2.45, 2.75) is 49.5 Å². The molecule has 0 aromatic heterocycles. The SMILES string of the molecule is O=C(C1CNCC12CCCc1ccccc12)N1CCC(c2ccccc2)CC1c1ccccc1. The fourth-order valence-corrected chi connectivity index (χ4v) is 7.03. The predicted molar refractivity (Wildman–Crippen MR) is 137 cm³/mol. The standard InChI is InChI=1S/C31H34N2O/c34-30(28-21-32-22-31(28)18-9-15-24-12-7-8-16-27(24)31)33-19-17-26(23-10-3-1-4-11-23)20-29(33)25-13-5-2-6-14-25/h1-8,10-14,16,26,28-29,32H,9,15,17-22H2. The molecule has 2 fully saturated rings. The minimum atomic E-state index is -0.0660. The number of nitrogens with zero attached hydrogens (tertiary/aromatic N) is 1. The van der Waals surface area contributed by atoms with Gasteiger partial charge in [-0.1, -0.05) is 84.9 Å². The third-order valence-corrected chi connectivity index (χ3v) is 8.72. The van der Waals surface area contributed by atoms with Gasteiger partial charge in [-0.05, 0) is 60.3 Å². The zero-order chi connectivity index (χ0) is 23.0. The lowest BCUT2D eigenvalue weighted by molar-refractivity contribution is -0.141. The summed E-state index contributed by atoms with van der Waals surface area (Å²) in [5, 5.41) is 3.64. The second-order valence-electron chi connectivity index (χ2n) is 10.4. The number of piperidine rings is 1. The highest BCUT2D eigenvalue weighted by atomic mass is 16.2. The minimum Gasteiger partial charge on any atom is -0.335 e. The Kier molecular flexibility index (Phi) is 5.74. The molecule has 0 radical (unpaired) electrons. The number of likely N-dealkylation sites (tertiary alicyclic amines) is 1. The van der Waals surface area contributed by atoms with Gasteiger partial charge in [-0.2, -0.15) is 0 Å². The molecule has 3 nitrogen and oxygen atoms in total. The molecule has 2 heterocycles. The third kappa shape index (κ3) is 3.67. The zero-order valence-electron chi connectivity index (χ0n) is 19.8. The highest BCUT2D eigenvalue weighted by Gasteiger charge is 2.51. The van der Waals surface area contributed by atoms with Crippen LogP contribution in [0.2, 0.25) is 0 Å². The van der Waals surface area contributed by atoms with Crippen LogP contribution in [0.5, 0.6) is 0 Å². The Labute approximate surface area is 203 Å². The molecule has 1 aliphatic carbocycles. The van der Waals surface area contributed by atoms with Gasteiger partial charge >= 0.3 is 0 Å². The Balaban J connectivity index is 1.34. The molecule has 2 saturated heterocycles. The molecular formula is C31H34N2O. The van der Waals surface area contributed by atoms with E-state index in [0.717, 1.165) is 45.3 Å². The Bertz CT molecular complexity index is 1140. The molecule has 0 saturated carbocycles. The van der Waals surface area contributed by atoms with E-state index >= 15 is 0 Å². The number of nitrogens with one attached hydrogen (secondary N) is 1. The van der Waals surface area contributed by atoms with Gasteiger partial charge in [0.15, 0.2) is 0 Å². The Morgan fingerprint density at radius 1 is 0.882 bits per heavy atom. The van der Waals surface area contributed by atoms with Crippen molar-refractivity contribution in [1.29, 1.82) is 0 Å². The van der Waals surface area contributed by atoms with Crippen LogP contribution in [0, 0.1) is 5.92 Å². The highest BCUT2D eigenvalue weighted by molar-refractivity contribution is 5.82. The van der Waals surface area contributed by atoms with Gasteiger partial charge in [-0.25, -0.2) is 0 Å². The molecule has 2 aliphatic heterocycles. The minimum absolute atomic E-state index is 0.00781. The second-order valence-corrected chi connectivity index (χ2v) is 10.4. The summed E-state index contributed by atoms with van der Waals surface area (Å²) in [6.45, 7) is 2.52. The fraction of sp³-hybridized carbons (Fsp3) is 0.387. The van der Waals surface area contributed by atoms with E-state index < -0.39 is 0 Å². The van der Waals surface area contributed by atoms with Crippen LogP contribution in [-0.4, -0.2) is 30.4 Å². The van der Waals surface area contributed by atoms with Crippen molar-refractivity contribution >= 4 is 5.91 Å². The second kappa shape index (κ2) is 9.03. The summed E-state index contributed by atoms with van der Waals surface area (Å²) in [5.74, 6) is 0.844. The number of carbonyl (C=O) groups excluding carboxylic acids is 1. The van der Waals surface area contributed by atoms with Crippen molar-refractivity contribution in [2.75, 3.05) is 19.6 Å². The van der Waals surface area contributed by atoms with Crippen LogP contribution in [0.15, 0.2) is 84.9 Å². The van der Waals surface area contributed by atoms with Gasteiger partial charge in [0.1, 0.15) is 0 Å². The van der Waals surface area contributed by atoms with Gasteiger partial charge in [0.05, 0.1) is 12.0 Å². The average Bonchev–Trinajstić information content (AvgIpc) is 3.33. The maximum atomic E-state index is 14.4. The largest absolute Gasteiger partial charge is 0.335 e. The molecule has 174 valence electrons. The van der Waals surface area contributed by atoms with E-state index in [-0.39, 0.29) is 17.4 Å². The summed E-state index contributed by atoms with van der Waals surface area (Å²) in [6, 6.07) is 30.6. The number of rotatable bonds is 3. The third-order valence-electron chi connectivity index (χ3n) is 8.72. The van der Waals surface area contributed by atoms with E-state index in [4.69, 9.17) is 0 Å². The first-order valence-electron chi connectivity index (χ1n) is 13.0. The maximum absolute atomic E-state index is 14.4. The van der Waals surface area contributed by atoms with Crippen molar-refractivity contribution < 1.29 is 4.79 Å². The van der Waals surface area contributed by atoms with E-state index in [9.17, 15) is 4.79 Å². The molecule has 1 amide bonds. The lowest BCUT2D eigenvalue weighted by Crippen LogP contribution is -2.50. The normalized spacial score (nSPS) is 28.6. The molecule has 4 atom stereocenters. The molecule has 1 N–H and O–H groups in total. The molecule has 0 bridgehead atoms. The Morgan fingerprint density at radius 2 is 1.59 bits per heavy atom. The van der Waals surface area contributed by atoms with Crippen molar-refractivity contribution in [3.63, 3.8) is 0 Å². The monoisotopic (exact) mass is 450 g/mol. The summed E-state index contributed by atoms with van der Waals surface area (Å²) in [7, 11) is 0. The number of carbonyl (C=O) groups is 1. The fourth-order valence-electron chi connectivity index (χ4n) is 7.03. The quantitative estimate of drug-likeness (QED) is 0.561. The van der Waals surface area contributed by atoms with E-state index in [1.54, 1.807) is 0 Å². The van der Waals surface area contributed by atoms with Gasteiger partial charge in [0.25, 0.3) is 0 Å². The lowest BCUT2D eigenvalue weighted by Gasteiger charge is -2.45. The van der Waals surface area contributed by atoms with Gasteiger partial charge in [0, 0.05) is 25.0 Å². The Hall–Kier alpha value is -2.91. The van der Waals surface area contributed by atoms with Crippen molar-refractivity contribution in [3.8, 4) is 0 Å². The van der Waals surface area contributed by atoms with Crippen LogP contribution in [0.1, 0.15) is 59.9 Å². The summed E-state index contributed by atoms with van der Waals surface area (Å²) >= 11 is 0. The molecule has 34 heavy (non-hydrogen) atoms. The summed E-state index contributed by atoms with van der Waals surface area (Å²) in [4.78, 5) is 16.6. The van der Waals surface area contributed by atoms with Crippen molar-refractivity contribution in [1.82, 2.24) is 10.2 Å². The van der Waals surface area contributed by atoms with E-state index in [2.05, 4.69) is 95.1 Å². The number of aryl methyl sites for hydroxylation is 1. The molecule has 1 spiro atoms. The first kappa shape index (κ1) is 21.6. The first-order chi connectivity index (χ1) is 16.8. The smallest absolute Gasteiger partial charge is 0.228 e. The van der Waals surface area contributed by atoms with Crippen LogP contribution in [0.25, 0.3) is 0 Å². The summed E-state index contributed by atoms with van der Waals surface area (Å²) in [5.41, 5.74) is 5.46. The molecule has 4 unspecified atom stereocenters. The number of amides is 1. The zero-order valence-corrected chi connectivity index (χ0v) is 19.8. The molecule has 3 aliphatic rings. The first-order valence-corrected chi connectivity index (χ1v) is 13.0. The highest BCUT2D eigenvalue weighted by Crippen LogP contribution is 2.47. The van der Waals surface area contributed by atoms with Gasteiger partial charge in [-0.15, -0.1) is 0 Å². The maximum Gasteiger partial charge on any atom is 0.228 e. The van der Waals surface area contributed by atoms with E-state index in [1.165, 1.54) is 28.7 Å². The van der Waals surface area contributed by atoms with Crippen molar-refractivity contribution in [2.24, 2.45) is 5.92 Å². The molecule has 6 rings (SSSR count). The van der Waals surface area contributed by atoms with Crippen molar-refractivity contribution in [3.05, 3.63) is 107 Å². The predicted octanol–water partition coefficient (Wildman–Crippen LogP) is 5.63. The lowest BCUT2D eigenvalue weighted by atomic mass is 9.64. The van der Waals surface area contributed by atoms with Gasteiger partial charge < -0.3 is 10.2 Å². The Morgan fingerprint density at radius 3 is 2.38 bits per heavy atom. The van der Waals surface area contributed by atoms with Crippen LogP contribution >= 0.6 is 0 Å². The molecule has 3 aromatic carbocycles. The molecule has 3 heteroatoms. The average molecular weight is 451 g/mol. The number of benzene rings is 3.